The first-order valence-corrected chi connectivity index (χ1v) is 9.28. The van der Waals surface area contributed by atoms with E-state index in [1.807, 2.05) is 0 Å². The molecule has 0 saturated heterocycles. The molecular weight excluding hydrogens is 439 g/mol. The fourth-order valence-corrected chi connectivity index (χ4v) is 3.14. The SMILES string of the molecule is Cc1cc(C(=O)OCC(=O)Nc2cc(Cl)ccc2-n2cncn2)c(C)n1CC(F)(F)F. The average Bonchev–Trinajstić information content (AvgIpc) is 3.30. The van der Waals surface area contributed by atoms with Gasteiger partial charge in [0.1, 0.15) is 19.2 Å². The lowest BCUT2D eigenvalue weighted by Crippen LogP contribution is -2.22. The molecule has 1 N–H and O–H groups in total. The van der Waals surface area contributed by atoms with Crippen LogP contribution in [0, 0.1) is 13.8 Å². The van der Waals surface area contributed by atoms with Crippen molar-refractivity contribution in [3.63, 3.8) is 0 Å². The second-order valence-electron chi connectivity index (χ2n) is 6.61. The molecule has 0 unspecified atom stereocenters. The minimum Gasteiger partial charge on any atom is -0.452 e. The monoisotopic (exact) mass is 455 g/mol. The van der Waals surface area contributed by atoms with Crippen molar-refractivity contribution in [2.24, 2.45) is 0 Å². The van der Waals surface area contributed by atoms with Crippen LogP contribution in [0.25, 0.3) is 5.69 Å². The lowest BCUT2D eigenvalue weighted by Gasteiger charge is -2.13. The van der Waals surface area contributed by atoms with Crippen LogP contribution >= 0.6 is 11.6 Å². The molecule has 3 rings (SSSR count). The molecule has 0 aliphatic heterocycles. The summed E-state index contributed by atoms with van der Waals surface area (Å²) in [5.41, 5.74) is 1.10. The Balaban J connectivity index is 1.68. The summed E-state index contributed by atoms with van der Waals surface area (Å²) in [6.07, 6.45) is -1.69. The molecule has 8 nitrogen and oxygen atoms in total. The zero-order valence-electron chi connectivity index (χ0n) is 16.4. The van der Waals surface area contributed by atoms with Gasteiger partial charge in [0.15, 0.2) is 6.61 Å². The van der Waals surface area contributed by atoms with E-state index in [2.05, 4.69) is 15.4 Å². The van der Waals surface area contributed by atoms with Gasteiger partial charge in [-0.15, -0.1) is 0 Å². The van der Waals surface area contributed by atoms with Crippen molar-refractivity contribution < 1.29 is 27.5 Å². The molecule has 0 radical (unpaired) electrons. The molecule has 164 valence electrons. The number of aryl methyl sites for hydroxylation is 1. The number of ether oxygens (including phenoxy) is 1. The number of hydrogen-bond acceptors (Lipinski definition) is 5. The van der Waals surface area contributed by atoms with E-state index in [9.17, 15) is 22.8 Å². The summed E-state index contributed by atoms with van der Waals surface area (Å²) in [4.78, 5) is 28.5. The fraction of sp³-hybridized carbons (Fsp3) is 0.263. The largest absolute Gasteiger partial charge is 0.452 e. The van der Waals surface area contributed by atoms with Gasteiger partial charge in [0.2, 0.25) is 0 Å². The Hall–Kier alpha value is -3.34. The molecule has 0 bridgehead atoms. The van der Waals surface area contributed by atoms with Crippen molar-refractivity contribution in [3.05, 3.63) is 58.9 Å². The number of rotatable bonds is 6. The second-order valence-corrected chi connectivity index (χ2v) is 7.05. The molecule has 12 heteroatoms. The summed E-state index contributed by atoms with van der Waals surface area (Å²) in [6, 6.07) is 6.00. The molecule has 0 atom stereocenters. The van der Waals surface area contributed by atoms with Crippen molar-refractivity contribution in [1.29, 1.82) is 0 Å². The van der Waals surface area contributed by atoms with Crippen molar-refractivity contribution in [3.8, 4) is 5.69 Å². The standard InChI is InChI=1S/C19H17ClF3N5O3/c1-11-5-14(12(2)27(11)8-19(21,22)23)18(30)31-7-17(29)26-15-6-13(20)3-4-16(15)28-10-24-9-25-28/h3-6,9-10H,7-8H2,1-2H3,(H,26,29). The first-order valence-electron chi connectivity index (χ1n) is 8.90. The van der Waals surface area contributed by atoms with E-state index in [1.54, 1.807) is 12.1 Å². The molecule has 0 saturated carbocycles. The van der Waals surface area contributed by atoms with Gasteiger partial charge in [0.05, 0.1) is 16.9 Å². The number of hydrogen-bond donors (Lipinski definition) is 1. The summed E-state index contributed by atoms with van der Waals surface area (Å²) in [5, 5.41) is 6.91. The second kappa shape index (κ2) is 8.80. The minimum atomic E-state index is -4.44. The van der Waals surface area contributed by atoms with Crippen molar-refractivity contribution in [2.45, 2.75) is 26.6 Å². The maximum Gasteiger partial charge on any atom is 0.406 e. The van der Waals surface area contributed by atoms with Crippen LogP contribution in [0.5, 0.6) is 0 Å². The van der Waals surface area contributed by atoms with Gasteiger partial charge in [0, 0.05) is 16.4 Å². The molecule has 0 fully saturated rings. The lowest BCUT2D eigenvalue weighted by molar-refractivity contribution is -0.141. The third-order valence-electron chi connectivity index (χ3n) is 4.36. The van der Waals surface area contributed by atoms with E-state index < -0.39 is 31.2 Å². The zero-order valence-corrected chi connectivity index (χ0v) is 17.2. The molecule has 2 heterocycles. The number of benzene rings is 1. The van der Waals surface area contributed by atoms with Crippen LogP contribution in [0.2, 0.25) is 5.02 Å². The molecule has 31 heavy (non-hydrogen) atoms. The summed E-state index contributed by atoms with van der Waals surface area (Å²) in [5.74, 6) is -1.57. The number of carbonyl (C=O) groups excluding carboxylic acids is 2. The Morgan fingerprint density at radius 2 is 1.97 bits per heavy atom. The van der Waals surface area contributed by atoms with Gasteiger partial charge in [-0.05, 0) is 38.1 Å². The highest BCUT2D eigenvalue weighted by molar-refractivity contribution is 6.31. The molecule has 2 aromatic heterocycles. The van der Waals surface area contributed by atoms with Gasteiger partial charge in [-0.25, -0.2) is 14.5 Å². The first kappa shape index (κ1) is 22.3. The van der Waals surface area contributed by atoms with Crippen LogP contribution in [-0.4, -0.2) is 44.0 Å². The number of halogens is 4. The van der Waals surface area contributed by atoms with E-state index >= 15 is 0 Å². The van der Waals surface area contributed by atoms with Crippen LogP contribution in [-0.2, 0) is 16.1 Å². The van der Waals surface area contributed by atoms with E-state index in [0.29, 0.717) is 16.4 Å². The molecule has 0 aliphatic rings. The van der Waals surface area contributed by atoms with E-state index in [0.717, 1.165) is 4.57 Å². The highest BCUT2D eigenvalue weighted by atomic mass is 35.5. The van der Waals surface area contributed by atoms with E-state index in [4.69, 9.17) is 16.3 Å². The first-order chi connectivity index (χ1) is 14.5. The van der Waals surface area contributed by atoms with E-state index in [-0.39, 0.29) is 17.0 Å². The Morgan fingerprint density at radius 3 is 2.61 bits per heavy atom. The fourth-order valence-electron chi connectivity index (χ4n) is 2.97. The zero-order chi connectivity index (χ0) is 22.8. The third-order valence-corrected chi connectivity index (χ3v) is 4.60. The van der Waals surface area contributed by atoms with Gasteiger partial charge in [-0.3, -0.25) is 4.79 Å². The topological polar surface area (TPSA) is 91.0 Å². The van der Waals surface area contributed by atoms with Crippen LogP contribution in [0.3, 0.4) is 0 Å². The molecule has 3 aromatic rings. The molecular formula is C19H17ClF3N5O3. The molecule has 0 spiro atoms. The summed E-state index contributed by atoms with van der Waals surface area (Å²) in [6.45, 7) is 0.960. The van der Waals surface area contributed by atoms with Crippen molar-refractivity contribution >= 4 is 29.2 Å². The average molecular weight is 456 g/mol. The van der Waals surface area contributed by atoms with Gasteiger partial charge in [0.25, 0.3) is 5.91 Å². The Kier molecular flexibility index (Phi) is 6.34. The number of aromatic nitrogens is 4. The van der Waals surface area contributed by atoms with Gasteiger partial charge in [-0.1, -0.05) is 11.6 Å². The van der Waals surface area contributed by atoms with Crippen LogP contribution < -0.4 is 5.32 Å². The normalized spacial score (nSPS) is 11.4. The smallest absolute Gasteiger partial charge is 0.406 e. The summed E-state index contributed by atoms with van der Waals surface area (Å²) in [7, 11) is 0. The quantitative estimate of drug-likeness (QED) is 0.572. The summed E-state index contributed by atoms with van der Waals surface area (Å²) < 4.78 is 45.5. The van der Waals surface area contributed by atoms with Crippen LogP contribution in [0.4, 0.5) is 18.9 Å². The van der Waals surface area contributed by atoms with Gasteiger partial charge < -0.3 is 14.6 Å². The van der Waals surface area contributed by atoms with Crippen LogP contribution in [0.15, 0.2) is 36.9 Å². The molecule has 1 aromatic carbocycles. The van der Waals surface area contributed by atoms with Gasteiger partial charge >= 0.3 is 12.1 Å². The number of amides is 1. The maximum absolute atomic E-state index is 12.7. The summed E-state index contributed by atoms with van der Waals surface area (Å²) >= 11 is 5.99. The van der Waals surface area contributed by atoms with Crippen molar-refractivity contribution in [1.82, 2.24) is 19.3 Å². The van der Waals surface area contributed by atoms with Crippen LogP contribution in [0.1, 0.15) is 21.7 Å². The highest BCUT2D eigenvalue weighted by Gasteiger charge is 2.30. The maximum atomic E-state index is 12.7. The predicted octanol–water partition coefficient (Wildman–Crippen LogP) is 3.70. The third kappa shape index (κ3) is 5.43. The number of carbonyl (C=O) groups is 2. The highest BCUT2D eigenvalue weighted by Crippen LogP contribution is 2.25. The number of nitrogens with zero attached hydrogens (tertiary/aromatic N) is 4. The number of anilines is 1. The number of esters is 1. The number of nitrogens with one attached hydrogen (secondary N) is 1. The molecule has 1 amide bonds. The Morgan fingerprint density at radius 1 is 1.23 bits per heavy atom. The Labute approximate surface area is 179 Å². The van der Waals surface area contributed by atoms with Crippen molar-refractivity contribution in [2.75, 3.05) is 11.9 Å². The minimum absolute atomic E-state index is 0.0411. The number of alkyl halides is 3. The lowest BCUT2D eigenvalue weighted by atomic mass is 10.2. The van der Waals surface area contributed by atoms with E-state index in [1.165, 1.54) is 43.3 Å². The van der Waals surface area contributed by atoms with Gasteiger partial charge in [-0.2, -0.15) is 18.3 Å². The molecule has 0 aliphatic carbocycles. The Bertz CT molecular complexity index is 1110. The predicted molar refractivity (Wildman–Crippen MR) is 105 cm³/mol.